The molecule has 1 aliphatic heterocycles. The van der Waals surface area contributed by atoms with Crippen LogP contribution in [-0.4, -0.2) is 29.8 Å². The highest BCUT2D eigenvalue weighted by atomic mass is 16.5. The molecule has 116 valence electrons. The normalized spacial score (nSPS) is 19.0. The van der Waals surface area contributed by atoms with E-state index < -0.39 is 12.2 Å². The van der Waals surface area contributed by atoms with Crippen molar-refractivity contribution in [1.82, 2.24) is 5.32 Å². The molecule has 4 nitrogen and oxygen atoms in total. The number of aliphatic hydroxyl groups is 1. The Balaban J connectivity index is 1.89. The fourth-order valence-electron chi connectivity index (χ4n) is 2.76. The summed E-state index contributed by atoms with van der Waals surface area (Å²) >= 11 is 0. The second-order valence-corrected chi connectivity index (χ2v) is 6.81. The van der Waals surface area contributed by atoms with E-state index in [1.807, 2.05) is 52.0 Å². The summed E-state index contributed by atoms with van der Waals surface area (Å²) in [5.74, 6) is 0.832. The summed E-state index contributed by atoms with van der Waals surface area (Å²) in [7, 11) is 0. The van der Waals surface area contributed by atoms with E-state index in [0.717, 1.165) is 11.3 Å². The van der Waals surface area contributed by atoms with Crippen molar-refractivity contribution in [2.75, 3.05) is 6.54 Å². The fourth-order valence-corrected chi connectivity index (χ4v) is 2.76. The lowest BCUT2D eigenvalue weighted by atomic mass is 9.80. The van der Waals surface area contributed by atoms with Crippen LogP contribution in [0.5, 0.6) is 5.75 Å². The second kappa shape index (κ2) is 6.06. The molecule has 2 N–H and O–H groups in total. The molecule has 0 spiro atoms. The van der Waals surface area contributed by atoms with E-state index >= 15 is 0 Å². The van der Waals surface area contributed by atoms with Crippen molar-refractivity contribution in [3.63, 3.8) is 0 Å². The molecule has 1 aromatic rings. The van der Waals surface area contributed by atoms with Crippen LogP contribution in [-0.2, 0) is 11.2 Å². The first-order valence-electron chi connectivity index (χ1n) is 7.51. The van der Waals surface area contributed by atoms with Gasteiger partial charge in [-0.15, -0.1) is 0 Å². The zero-order valence-corrected chi connectivity index (χ0v) is 13.2. The van der Waals surface area contributed by atoms with Crippen LogP contribution in [0, 0.1) is 11.3 Å². The molecule has 1 aliphatic rings. The molecule has 21 heavy (non-hydrogen) atoms. The third-order valence-electron chi connectivity index (χ3n) is 4.09. The minimum atomic E-state index is -0.464. The topological polar surface area (TPSA) is 58.6 Å². The van der Waals surface area contributed by atoms with Crippen molar-refractivity contribution in [2.45, 2.75) is 46.3 Å². The average molecular weight is 291 g/mol. The summed E-state index contributed by atoms with van der Waals surface area (Å²) in [5, 5.41) is 13.1. The lowest BCUT2D eigenvalue weighted by Crippen LogP contribution is -2.47. The molecular weight excluding hydrogens is 266 g/mol. The van der Waals surface area contributed by atoms with Gasteiger partial charge in [-0.1, -0.05) is 45.9 Å². The lowest BCUT2D eigenvalue weighted by molar-refractivity contribution is -0.128. The van der Waals surface area contributed by atoms with Gasteiger partial charge >= 0.3 is 0 Å². The van der Waals surface area contributed by atoms with Gasteiger partial charge in [-0.3, -0.25) is 4.79 Å². The first-order chi connectivity index (χ1) is 9.81. The Hall–Kier alpha value is -1.55. The van der Waals surface area contributed by atoms with Gasteiger partial charge in [0.2, 0.25) is 0 Å². The molecule has 1 aromatic carbocycles. The van der Waals surface area contributed by atoms with Crippen molar-refractivity contribution < 1.29 is 14.6 Å². The molecule has 1 heterocycles. The molecule has 0 bridgehead atoms. The van der Waals surface area contributed by atoms with E-state index in [4.69, 9.17) is 4.74 Å². The number of fused-ring (bicyclic) bond motifs is 1. The Labute approximate surface area is 126 Å². The SMILES string of the molecule is CC(C)C(O)C(C)(C)CNC(=O)C1Cc2ccccc2O1. The maximum absolute atomic E-state index is 12.2. The highest BCUT2D eigenvalue weighted by molar-refractivity contribution is 5.82. The number of benzene rings is 1. The van der Waals surface area contributed by atoms with Crippen molar-refractivity contribution in [2.24, 2.45) is 11.3 Å². The van der Waals surface area contributed by atoms with Crippen LogP contribution in [0.1, 0.15) is 33.3 Å². The van der Waals surface area contributed by atoms with Gasteiger partial charge in [0, 0.05) is 18.4 Å². The number of hydrogen-bond donors (Lipinski definition) is 2. The van der Waals surface area contributed by atoms with Crippen LogP contribution >= 0.6 is 0 Å². The zero-order valence-electron chi connectivity index (χ0n) is 13.2. The molecular formula is C17H25NO3. The summed E-state index contributed by atoms with van der Waals surface area (Å²) in [4.78, 5) is 12.2. The van der Waals surface area contributed by atoms with E-state index in [1.54, 1.807) is 0 Å². The Morgan fingerprint density at radius 2 is 2.10 bits per heavy atom. The van der Waals surface area contributed by atoms with E-state index in [-0.39, 0.29) is 17.2 Å². The van der Waals surface area contributed by atoms with Crippen LogP contribution in [0.15, 0.2) is 24.3 Å². The standard InChI is InChI=1S/C17H25NO3/c1-11(2)15(19)17(3,4)10-18-16(20)14-9-12-7-5-6-8-13(12)21-14/h5-8,11,14-15,19H,9-10H2,1-4H3,(H,18,20). The molecule has 0 saturated carbocycles. The monoisotopic (exact) mass is 291 g/mol. The van der Waals surface area contributed by atoms with E-state index in [9.17, 15) is 9.90 Å². The van der Waals surface area contributed by atoms with Crippen molar-refractivity contribution in [1.29, 1.82) is 0 Å². The van der Waals surface area contributed by atoms with Gasteiger partial charge in [-0.05, 0) is 17.5 Å². The molecule has 2 unspecified atom stereocenters. The Morgan fingerprint density at radius 3 is 2.71 bits per heavy atom. The van der Waals surface area contributed by atoms with Gasteiger partial charge < -0.3 is 15.2 Å². The quantitative estimate of drug-likeness (QED) is 0.874. The largest absolute Gasteiger partial charge is 0.480 e. The van der Waals surface area contributed by atoms with Crippen molar-refractivity contribution in [3.05, 3.63) is 29.8 Å². The van der Waals surface area contributed by atoms with Gasteiger partial charge in [0.25, 0.3) is 5.91 Å². The Kier molecular flexibility index (Phi) is 4.57. The number of para-hydroxylation sites is 1. The summed E-state index contributed by atoms with van der Waals surface area (Å²) < 4.78 is 5.67. The Bertz CT molecular complexity index is 486. The number of rotatable bonds is 5. The summed E-state index contributed by atoms with van der Waals surface area (Å²) in [6.45, 7) is 8.31. The van der Waals surface area contributed by atoms with E-state index in [2.05, 4.69) is 5.32 Å². The molecule has 0 fully saturated rings. The smallest absolute Gasteiger partial charge is 0.261 e. The maximum atomic E-state index is 12.2. The highest BCUT2D eigenvalue weighted by Crippen LogP contribution is 2.29. The first-order valence-corrected chi connectivity index (χ1v) is 7.51. The minimum Gasteiger partial charge on any atom is -0.480 e. The fraction of sp³-hybridized carbons (Fsp3) is 0.588. The molecule has 2 atom stereocenters. The van der Waals surface area contributed by atoms with Crippen LogP contribution in [0.4, 0.5) is 0 Å². The van der Waals surface area contributed by atoms with Crippen molar-refractivity contribution in [3.8, 4) is 5.75 Å². The predicted octanol–water partition coefficient (Wildman–Crippen LogP) is 2.15. The van der Waals surface area contributed by atoms with Crippen molar-refractivity contribution >= 4 is 5.91 Å². The summed E-state index contributed by atoms with van der Waals surface area (Å²) in [5.41, 5.74) is 0.703. The van der Waals surface area contributed by atoms with Gasteiger partial charge in [0.05, 0.1) is 6.10 Å². The molecule has 0 radical (unpaired) electrons. The molecule has 2 rings (SSSR count). The van der Waals surface area contributed by atoms with Gasteiger partial charge in [-0.2, -0.15) is 0 Å². The van der Waals surface area contributed by atoms with Crippen LogP contribution in [0.3, 0.4) is 0 Å². The van der Waals surface area contributed by atoms with Crippen LogP contribution in [0.2, 0.25) is 0 Å². The number of amides is 1. The third kappa shape index (κ3) is 3.56. The van der Waals surface area contributed by atoms with Gasteiger partial charge in [0.1, 0.15) is 5.75 Å². The summed E-state index contributed by atoms with van der Waals surface area (Å²) in [6, 6.07) is 7.72. The molecule has 0 aromatic heterocycles. The van der Waals surface area contributed by atoms with Gasteiger partial charge in [0.15, 0.2) is 6.10 Å². The maximum Gasteiger partial charge on any atom is 0.261 e. The molecule has 0 aliphatic carbocycles. The summed E-state index contributed by atoms with van der Waals surface area (Å²) in [6.07, 6.45) is -0.316. The van der Waals surface area contributed by atoms with Crippen LogP contribution < -0.4 is 10.1 Å². The first kappa shape index (κ1) is 15.8. The third-order valence-corrected chi connectivity index (χ3v) is 4.09. The van der Waals surface area contributed by atoms with E-state index in [1.165, 1.54) is 0 Å². The average Bonchev–Trinajstić information content (AvgIpc) is 2.87. The highest BCUT2D eigenvalue weighted by Gasteiger charge is 2.33. The molecule has 0 saturated heterocycles. The van der Waals surface area contributed by atoms with E-state index in [0.29, 0.717) is 13.0 Å². The zero-order chi connectivity index (χ0) is 15.6. The molecule has 4 heteroatoms. The second-order valence-electron chi connectivity index (χ2n) is 6.81. The molecule has 1 amide bonds. The van der Waals surface area contributed by atoms with Gasteiger partial charge in [-0.25, -0.2) is 0 Å². The number of nitrogens with one attached hydrogen (secondary N) is 1. The number of carbonyl (C=O) groups excluding carboxylic acids is 1. The minimum absolute atomic E-state index is 0.116. The van der Waals surface area contributed by atoms with Crippen LogP contribution in [0.25, 0.3) is 0 Å². The predicted molar refractivity (Wildman–Crippen MR) is 82.2 cm³/mol. The number of ether oxygens (including phenoxy) is 1. The number of carbonyl (C=O) groups is 1. The Morgan fingerprint density at radius 1 is 1.43 bits per heavy atom. The lowest BCUT2D eigenvalue weighted by Gasteiger charge is -2.33. The number of hydrogen-bond acceptors (Lipinski definition) is 3. The number of aliphatic hydroxyl groups excluding tert-OH is 1.